The summed E-state index contributed by atoms with van der Waals surface area (Å²) in [4.78, 5) is 0. The molecule has 0 aromatic rings. The second-order valence-electron chi connectivity index (χ2n) is 3.58. The highest BCUT2D eigenvalue weighted by molar-refractivity contribution is 4.68. The van der Waals surface area contributed by atoms with Crippen molar-refractivity contribution in [2.45, 2.75) is 46.5 Å². The first-order valence-corrected chi connectivity index (χ1v) is 4.83. The molecule has 0 heteroatoms. The van der Waals surface area contributed by atoms with E-state index in [0.29, 0.717) is 0 Å². The van der Waals surface area contributed by atoms with Crippen molar-refractivity contribution in [3.05, 3.63) is 12.7 Å². The molecule has 2 unspecified atom stereocenters. The Kier molecular flexibility index (Phi) is 6.30. The molecule has 0 aliphatic carbocycles. The van der Waals surface area contributed by atoms with Gasteiger partial charge in [0, 0.05) is 0 Å². The lowest BCUT2D eigenvalue weighted by Gasteiger charge is -2.17. The maximum absolute atomic E-state index is 3.72. The molecule has 0 N–H and O–H groups in total. The van der Waals surface area contributed by atoms with Gasteiger partial charge < -0.3 is 0 Å². The van der Waals surface area contributed by atoms with Crippen molar-refractivity contribution in [2.24, 2.45) is 11.8 Å². The summed E-state index contributed by atoms with van der Waals surface area (Å²) in [5.74, 6) is 1.78. The van der Waals surface area contributed by atoms with Gasteiger partial charge in [-0.15, -0.1) is 6.58 Å². The van der Waals surface area contributed by atoms with Crippen LogP contribution in [0.15, 0.2) is 12.7 Å². The fourth-order valence-corrected chi connectivity index (χ4v) is 1.27. The van der Waals surface area contributed by atoms with Crippen LogP contribution in [0.4, 0.5) is 0 Å². The summed E-state index contributed by atoms with van der Waals surface area (Å²) in [5, 5.41) is 0. The molecule has 0 bridgehead atoms. The molecule has 0 nitrogen and oxygen atoms in total. The van der Waals surface area contributed by atoms with E-state index < -0.39 is 0 Å². The van der Waals surface area contributed by atoms with E-state index in [2.05, 4.69) is 27.4 Å². The predicted molar refractivity (Wildman–Crippen MR) is 52.7 cm³/mol. The van der Waals surface area contributed by atoms with Crippen molar-refractivity contribution >= 4 is 0 Å². The maximum atomic E-state index is 3.72. The highest BCUT2D eigenvalue weighted by atomic mass is 14.1. The quantitative estimate of drug-likeness (QED) is 0.400. The van der Waals surface area contributed by atoms with Gasteiger partial charge in [0.25, 0.3) is 0 Å². The Hall–Kier alpha value is -0.260. The molecule has 0 aromatic heterocycles. The average molecular weight is 154 g/mol. The van der Waals surface area contributed by atoms with Gasteiger partial charge in [0.05, 0.1) is 0 Å². The summed E-state index contributed by atoms with van der Waals surface area (Å²) in [5.41, 5.74) is 0. The molecular formula is C11H22. The third-order valence-corrected chi connectivity index (χ3v) is 2.68. The van der Waals surface area contributed by atoms with E-state index in [-0.39, 0.29) is 0 Å². The van der Waals surface area contributed by atoms with E-state index >= 15 is 0 Å². The molecule has 0 fully saturated rings. The fourth-order valence-electron chi connectivity index (χ4n) is 1.27. The average Bonchev–Trinajstić information content (AvgIpc) is 2.03. The highest BCUT2D eigenvalue weighted by Gasteiger charge is 2.08. The van der Waals surface area contributed by atoms with Crippen molar-refractivity contribution < 1.29 is 0 Å². The molecule has 0 radical (unpaired) electrons. The Morgan fingerprint density at radius 3 is 2.36 bits per heavy atom. The van der Waals surface area contributed by atoms with Crippen LogP contribution in [0.25, 0.3) is 0 Å². The lowest BCUT2D eigenvalue weighted by Crippen LogP contribution is -2.06. The molecule has 11 heavy (non-hydrogen) atoms. The van der Waals surface area contributed by atoms with Gasteiger partial charge >= 0.3 is 0 Å². The van der Waals surface area contributed by atoms with Gasteiger partial charge in [-0.2, -0.15) is 0 Å². The van der Waals surface area contributed by atoms with Gasteiger partial charge in [-0.1, -0.05) is 39.7 Å². The zero-order valence-corrected chi connectivity index (χ0v) is 8.27. The predicted octanol–water partition coefficient (Wildman–Crippen LogP) is 4.02. The number of hydrogen-bond donors (Lipinski definition) is 0. The minimum absolute atomic E-state index is 0.889. The van der Waals surface area contributed by atoms with Crippen LogP contribution < -0.4 is 0 Å². The van der Waals surface area contributed by atoms with Crippen molar-refractivity contribution in [1.82, 2.24) is 0 Å². The van der Waals surface area contributed by atoms with Crippen molar-refractivity contribution in [3.63, 3.8) is 0 Å². The molecule has 0 heterocycles. The van der Waals surface area contributed by atoms with Crippen molar-refractivity contribution in [2.75, 3.05) is 0 Å². The first-order chi connectivity index (χ1) is 5.22. The lowest BCUT2D eigenvalue weighted by atomic mass is 9.89. The molecule has 0 aliphatic rings. The molecular weight excluding hydrogens is 132 g/mol. The SMILES string of the molecule is C=CCCCC(C)C(C)CC. The van der Waals surface area contributed by atoms with E-state index in [1.165, 1.54) is 25.7 Å². The summed E-state index contributed by atoms with van der Waals surface area (Å²) in [7, 11) is 0. The second-order valence-corrected chi connectivity index (χ2v) is 3.58. The third-order valence-electron chi connectivity index (χ3n) is 2.68. The van der Waals surface area contributed by atoms with Gasteiger partial charge in [0.15, 0.2) is 0 Å². The van der Waals surface area contributed by atoms with Gasteiger partial charge in [0.2, 0.25) is 0 Å². The highest BCUT2D eigenvalue weighted by Crippen LogP contribution is 2.20. The normalized spacial score (nSPS) is 15.9. The monoisotopic (exact) mass is 154 g/mol. The standard InChI is InChI=1S/C11H22/c1-5-7-8-9-11(4)10(3)6-2/h5,10-11H,1,6-9H2,2-4H3. The largest absolute Gasteiger partial charge is 0.103 e. The number of hydrogen-bond acceptors (Lipinski definition) is 0. The Balaban J connectivity index is 3.34. The molecule has 66 valence electrons. The molecule has 0 aliphatic heterocycles. The Labute approximate surface area is 71.7 Å². The van der Waals surface area contributed by atoms with Crippen LogP contribution in [0.5, 0.6) is 0 Å². The Morgan fingerprint density at radius 1 is 1.27 bits per heavy atom. The third kappa shape index (κ3) is 5.06. The smallest absolute Gasteiger partial charge is 0.0353 e. The topological polar surface area (TPSA) is 0 Å². The first-order valence-electron chi connectivity index (χ1n) is 4.83. The van der Waals surface area contributed by atoms with Gasteiger partial charge in [-0.25, -0.2) is 0 Å². The summed E-state index contributed by atoms with van der Waals surface area (Å²) in [6.45, 7) is 10.7. The van der Waals surface area contributed by atoms with Gasteiger partial charge in [0.1, 0.15) is 0 Å². The molecule has 0 aromatic carbocycles. The van der Waals surface area contributed by atoms with Gasteiger partial charge in [-0.05, 0) is 24.7 Å². The van der Waals surface area contributed by atoms with Crippen molar-refractivity contribution in [1.29, 1.82) is 0 Å². The fraction of sp³-hybridized carbons (Fsp3) is 0.818. The minimum Gasteiger partial charge on any atom is -0.103 e. The summed E-state index contributed by atoms with van der Waals surface area (Å²) < 4.78 is 0. The summed E-state index contributed by atoms with van der Waals surface area (Å²) >= 11 is 0. The van der Waals surface area contributed by atoms with E-state index in [0.717, 1.165) is 11.8 Å². The first kappa shape index (κ1) is 10.7. The second kappa shape index (κ2) is 6.45. The van der Waals surface area contributed by atoms with Crippen LogP contribution in [0, 0.1) is 11.8 Å². The van der Waals surface area contributed by atoms with E-state index in [1.54, 1.807) is 0 Å². The molecule has 2 atom stereocenters. The molecule has 0 spiro atoms. The van der Waals surface area contributed by atoms with Crippen LogP contribution in [-0.2, 0) is 0 Å². The summed E-state index contributed by atoms with van der Waals surface area (Å²) in [6.07, 6.45) is 7.19. The molecule has 0 rings (SSSR count). The van der Waals surface area contributed by atoms with Gasteiger partial charge in [-0.3, -0.25) is 0 Å². The molecule has 0 saturated heterocycles. The molecule has 0 amide bonds. The number of allylic oxidation sites excluding steroid dienone is 1. The summed E-state index contributed by atoms with van der Waals surface area (Å²) in [6, 6.07) is 0. The Morgan fingerprint density at radius 2 is 1.91 bits per heavy atom. The number of unbranched alkanes of at least 4 members (excludes halogenated alkanes) is 1. The van der Waals surface area contributed by atoms with Crippen molar-refractivity contribution in [3.8, 4) is 0 Å². The van der Waals surface area contributed by atoms with E-state index in [9.17, 15) is 0 Å². The van der Waals surface area contributed by atoms with Crippen LogP contribution in [0.1, 0.15) is 46.5 Å². The zero-order chi connectivity index (χ0) is 8.69. The molecule has 0 saturated carbocycles. The van der Waals surface area contributed by atoms with Crippen LogP contribution >= 0.6 is 0 Å². The zero-order valence-electron chi connectivity index (χ0n) is 8.27. The number of rotatable bonds is 6. The van der Waals surface area contributed by atoms with E-state index in [4.69, 9.17) is 0 Å². The van der Waals surface area contributed by atoms with E-state index in [1.807, 2.05) is 6.08 Å². The minimum atomic E-state index is 0.889. The van der Waals surface area contributed by atoms with Crippen LogP contribution in [0.2, 0.25) is 0 Å². The van der Waals surface area contributed by atoms with Crippen LogP contribution in [0.3, 0.4) is 0 Å². The maximum Gasteiger partial charge on any atom is -0.0353 e. The van der Waals surface area contributed by atoms with Crippen LogP contribution in [-0.4, -0.2) is 0 Å². The lowest BCUT2D eigenvalue weighted by molar-refractivity contribution is 0.348. The Bertz CT molecular complexity index is 94.2.